The lowest BCUT2D eigenvalue weighted by Crippen LogP contribution is -2.13. The first kappa shape index (κ1) is 22.6. The highest BCUT2D eigenvalue weighted by molar-refractivity contribution is 6.35. The van der Waals surface area contributed by atoms with Crippen LogP contribution in [0.25, 0.3) is 10.9 Å². The Labute approximate surface area is 206 Å². The lowest BCUT2D eigenvalue weighted by Gasteiger charge is -2.20. The Bertz CT molecular complexity index is 1460. The first-order valence-corrected chi connectivity index (χ1v) is 11.5. The van der Waals surface area contributed by atoms with E-state index in [4.69, 9.17) is 16.9 Å². The van der Waals surface area contributed by atoms with Gasteiger partial charge in [0, 0.05) is 23.8 Å². The number of pyridine rings is 1. The third kappa shape index (κ3) is 4.72. The van der Waals surface area contributed by atoms with E-state index in [0.717, 1.165) is 18.4 Å². The van der Waals surface area contributed by atoms with Crippen molar-refractivity contribution in [3.05, 3.63) is 76.5 Å². The average molecular weight is 487 g/mol. The molecule has 0 bridgehead atoms. The summed E-state index contributed by atoms with van der Waals surface area (Å²) < 4.78 is 15.5. The van der Waals surface area contributed by atoms with E-state index >= 15 is 0 Å². The third-order valence-corrected chi connectivity index (χ3v) is 6.13. The summed E-state index contributed by atoms with van der Waals surface area (Å²) in [4.78, 5) is 4.36. The SMILES string of the molecule is N#CCCNc1c(C#N)cnc2c(Cl)cc(NC(c3ccc(F)cc3)c3cn(C4CC4)nn3)cc12. The fourth-order valence-electron chi connectivity index (χ4n) is 3.95. The zero-order valence-electron chi connectivity index (χ0n) is 18.5. The molecular weight excluding hydrogens is 467 g/mol. The topological polar surface area (TPSA) is 115 Å². The minimum atomic E-state index is -0.418. The minimum absolute atomic E-state index is 0.281. The van der Waals surface area contributed by atoms with Gasteiger partial charge in [0.05, 0.1) is 52.6 Å². The van der Waals surface area contributed by atoms with Gasteiger partial charge in [-0.3, -0.25) is 4.98 Å². The molecule has 10 heteroatoms. The number of anilines is 2. The smallest absolute Gasteiger partial charge is 0.123 e. The van der Waals surface area contributed by atoms with Gasteiger partial charge in [-0.25, -0.2) is 9.07 Å². The van der Waals surface area contributed by atoms with Crippen molar-refractivity contribution in [2.75, 3.05) is 17.2 Å². The molecule has 2 heterocycles. The van der Waals surface area contributed by atoms with E-state index in [0.29, 0.717) is 51.1 Å². The number of fused-ring (bicyclic) bond motifs is 1. The Morgan fingerprint density at radius 2 is 2.00 bits per heavy atom. The van der Waals surface area contributed by atoms with Crippen molar-refractivity contribution in [3.8, 4) is 12.1 Å². The fourth-order valence-corrected chi connectivity index (χ4v) is 4.22. The normalized spacial score (nSPS) is 13.7. The van der Waals surface area contributed by atoms with Gasteiger partial charge in [-0.15, -0.1) is 5.10 Å². The van der Waals surface area contributed by atoms with E-state index in [-0.39, 0.29) is 12.2 Å². The molecule has 1 unspecified atom stereocenters. The molecule has 1 fully saturated rings. The summed E-state index contributed by atoms with van der Waals surface area (Å²) in [5.74, 6) is -0.328. The standard InChI is InChI=1S/C25H20ClFN8/c26-21-11-18(10-20-23(30-9-1-8-28)16(12-29)13-31-25(20)21)32-24(15-2-4-17(27)5-3-15)22-14-35(34-33-22)19-6-7-19/h2-5,10-11,13-14,19,24,32H,1,6-7,9H2,(H,30,31). The summed E-state index contributed by atoms with van der Waals surface area (Å²) in [5.41, 5.74) is 3.62. The molecule has 174 valence electrons. The van der Waals surface area contributed by atoms with E-state index < -0.39 is 6.04 Å². The summed E-state index contributed by atoms with van der Waals surface area (Å²) in [5, 5.41) is 34.8. The number of hydrogen-bond donors (Lipinski definition) is 2. The highest BCUT2D eigenvalue weighted by atomic mass is 35.5. The van der Waals surface area contributed by atoms with Crippen LogP contribution < -0.4 is 10.6 Å². The second kappa shape index (κ2) is 9.57. The maximum Gasteiger partial charge on any atom is 0.123 e. The second-order valence-electron chi connectivity index (χ2n) is 8.33. The van der Waals surface area contributed by atoms with E-state index in [2.05, 4.69) is 38.1 Å². The van der Waals surface area contributed by atoms with E-state index in [1.165, 1.54) is 18.3 Å². The van der Waals surface area contributed by atoms with Crippen LogP contribution in [0.2, 0.25) is 5.02 Å². The van der Waals surface area contributed by atoms with Gasteiger partial charge in [0.1, 0.15) is 17.6 Å². The predicted molar refractivity (Wildman–Crippen MR) is 130 cm³/mol. The van der Waals surface area contributed by atoms with Crippen LogP contribution >= 0.6 is 11.6 Å². The number of hydrogen-bond acceptors (Lipinski definition) is 7. The Morgan fingerprint density at radius 1 is 1.20 bits per heavy atom. The number of halogens is 2. The van der Waals surface area contributed by atoms with Gasteiger partial charge in [0.2, 0.25) is 0 Å². The molecule has 35 heavy (non-hydrogen) atoms. The zero-order chi connectivity index (χ0) is 24.4. The molecule has 4 aromatic rings. The van der Waals surface area contributed by atoms with Crippen LogP contribution in [0.3, 0.4) is 0 Å². The van der Waals surface area contributed by atoms with Crippen LogP contribution in [-0.2, 0) is 0 Å². The van der Waals surface area contributed by atoms with Crippen molar-refractivity contribution in [1.29, 1.82) is 10.5 Å². The molecule has 0 saturated heterocycles. The molecule has 8 nitrogen and oxygen atoms in total. The lowest BCUT2D eigenvalue weighted by molar-refractivity contribution is 0.610. The molecule has 2 aromatic carbocycles. The van der Waals surface area contributed by atoms with Gasteiger partial charge in [-0.05, 0) is 42.7 Å². The monoisotopic (exact) mass is 486 g/mol. The number of rotatable bonds is 8. The molecule has 2 N–H and O–H groups in total. The molecular formula is C25H20ClFN8. The van der Waals surface area contributed by atoms with Crippen LogP contribution in [-0.4, -0.2) is 26.5 Å². The number of nitrogens with one attached hydrogen (secondary N) is 2. The van der Waals surface area contributed by atoms with Gasteiger partial charge in [0.15, 0.2) is 0 Å². The van der Waals surface area contributed by atoms with Crippen molar-refractivity contribution in [2.45, 2.75) is 31.3 Å². The zero-order valence-corrected chi connectivity index (χ0v) is 19.3. The molecule has 0 amide bonds. The van der Waals surface area contributed by atoms with E-state index in [1.54, 1.807) is 18.2 Å². The van der Waals surface area contributed by atoms with Crippen molar-refractivity contribution < 1.29 is 4.39 Å². The van der Waals surface area contributed by atoms with Gasteiger partial charge in [-0.1, -0.05) is 28.9 Å². The lowest BCUT2D eigenvalue weighted by atomic mass is 10.0. The van der Waals surface area contributed by atoms with Crippen molar-refractivity contribution in [1.82, 2.24) is 20.0 Å². The molecule has 0 radical (unpaired) electrons. The Morgan fingerprint density at radius 3 is 2.71 bits per heavy atom. The Kier molecular flexibility index (Phi) is 6.17. The van der Waals surface area contributed by atoms with E-state index in [9.17, 15) is 9.65 Å². The number of benzene rings is 2. The molecule has 1 saturated carbocycles. The third-order valence-electron chi connectivity index (χ3n) is 5.84. The van der Waals surface area contributed by atoms with E-state index in [1.807, 2.05) is 16.9 Å². The van der Waals surface area contributed by atoms with Crippen molar-refractivity contribution in [3.63, 3.8) is 0 Å². The largest absolute Gasteiger partial charge is 0.382 e. The highest BCUT2D eigenvalue weighted by Crippen LogP contribution is 2.37. The average Bonchev–Trinajstić information content (AvgIpc) is 3.60. The minimum Gasteiger partial charge on any atom is -0.382 e. The summed E-state index contributed by atoms with van der Waals surface area (Å²) in [6.07, 6.45) is 5.81. The summed E-state index contributed by atoms with van der Waals surface area (Å²) in [7, 11) is 0. The summed E-state index contributed by atoms with van der Waals surface area (Å²) in [6, 6.07) is 14.0. The quantitative estimate of drug-likeness (QED) is 0.322. The van der Waals surface area contributed by atoms with Gasteiger partial charge in [-0.2, -0.15) is 10.5 Å². The maximum atomic E-state index is 13.6. The molecule has 0 spiro atoms. The fraction of sp³-hybridized carbons (Fsp3) is 0.240. The molecule has 1 atom stereocenters. The second-order valence-corrected chi connectivity index (χ2v) is 8.74. The van der Waals surface area contributed by atoms with Crippen LogP contribution in [0, 0.1) is 28.5 Å². The molecule has 0 aliphatic heterocycles. The predicted octanol–water partition coefficient (Wildman–Crippen LogP) is 5.35. The number of nitriles is 2. The molecule has 1 aliphatic rings. The maximum absolute atomic E-state index is 13.6. The van der Waals surface area contributed by atoms with Crippen LogP contribution in [0.15, 0.2) is 48.8 Å². The van der Waals surface area contributed by atoms with Crippen molar-refractivity contribution >= 4 is 33.9 Å². The van der Waals surface area contributed by atoms with Gasteiger partial charge in [0.25, 0.3) is 0 Å². The van der Waals surface area contributed by atoms with Crippen LogP contribution in [0.5, 0.6) is 0 Å². The van der Waals surface area contributed by atoms with Crippen LogP contribution in [0.4, 0.5) is 15.8 Å². The Balaban J connectivity index is 1.57. The first-order chi connectivity index (χ1) is 17.1. The first-order valence-electron chi connectivity index (χ1n) is 11.1. The molecule has 5 rings (SSSR count). The Hall–Kier alpha value is -4.21. The number of aromatic nitrogens is 4. The van der Waals surface area contributed by atoms with Crippen LogP contribution in [0.1, 0.15) is 48.2 Å². The molecule has 1 aliphatic carbocycles. The highest BCUT2D eigenvalue weighted by Gasteiger charge is 2.27. The van der Waals surface area contributed by atoms with Crippen molar-refractivity contribution in [2.24, 2.45) is 0 Å². The summed E-state index contributed by atoms with van der Waals surface area (Å²) >= 11 is 6.59. The van der Waals surface area contributed by atoms with Gasteiger partial charge < -0.3 is 10.6 Å². The van der Waals surface area contributed by atoms with Gasteiger partial charge >= 0.3 is 0 Å². The number of nitrogens with zero attached hydrogens (tertiary/aromatic N) is 6. The molecule has 2 aromatic heterocycles. The summed E-state index contributed by atoms with van der Waals surface area (Å²) in [6.45, 7) is 0.377.